The lowest BCUT2D eigenvalue weighted by atomic mass is 9.91. The number of hydrogen-bond acceptors (Lipinski definition) is 4. The van der Waals surface area contributed by atoms with E-state index in [1.165, 1.54) is 12.1 Å². The molecular weight excluding hydrogens is 479 g/mol. The topological polar surface area (TPSA) is 83.9 Å². The SMILES string of the molecule is CNC(=O)NC1CCC(Nc2cc(-c3ccc4ncn(Cc5cccc(F)c5)c4c3)c(Cl)cn2)CC1. The Labute approximate surface area is 214 Å². The molecule has 0 aliphatic heterocycles. The fourth-order valence-electron chi connectivity index (χ4n) is 4.77. The average Bonchev–Trinajstić information content (AvgIpc) is 3.28. The van der Waals surface area contributed by atoms with E-state index in [4.69, 9.17) is 11.6 Å². The number of benzene rings is 2. The van der Waals surface area contributed by atoms with Gasteiger partial charge in [0.15, 0.2) is 0 Å². The number of amides is 2. The maximum absolute atomic E-state index is 13.7. The summed E-state index contributed by atoms with van der Waals surface area (Å²) >= 11 is 6.57. The zero-order valence-electron chi connectivity index (χ0n) is 20.0. The van der Waals surface area contributed by atoms with E-state index >= 15 is 0 Å². The molecule has 186 valence electrons. The van der Waals surface area contributed by atoms with Crippen LogP contribution in [-0.2, 0) is 6.54 Å². The molecule has 0 bridgehead atoms. The summed E-state index contributed by atoms with van der Waals surface area (Å²) in [6.07, 6.45) is 7.16. The minimum atomic E-state index is -0.252. The van der Waals surface area contributed by atoms with Crippen LogP contribution in [0.15, 0.2) is 61.1 Å². The first-order valence-electron chi connectivity index (χ1n) is 12.1. The molecule has 3 N–H and O–H groups in total. The summed E-state index contributed by atoms with van der Waals surface area (Å²) in [6.45, 7) is 0.520. The number of imidazole rings is 1. The zero-order chi connectivity index (χ0) is 25.1. The highest BCUT2D eigenvalue weighted by Crippen LogP contribution is 2.32. The molecule has 4 aromatic rings. The zero-order valence-corrected chi connectivity index (χ0v) is 20.7. The molecule has 0 unspecified atom stereocenters. The number of fused-ring (bicyclic) bond motifs is 1. The van der Waals surface area contributed by atoms with Gasteiger partial charge in [-0.2, -0.15) is 0 Å². The first-order chi connectivity index (χ1) is 17.5. The van der Waals surface area contributed by atoms with Crippen molar-refractivity contribution < 1.29 is 9.18 Å². The number of hydrogen-bond donors (Lipinski definition) is 3. The number of carbonyl (C=O) groups excluding carboxylic acids is 1. The van der Waals surface area contributed by atoms with E-state index < -0.39 is 0 Å². The van der Waals surface area contributed by atoms with E-state index in [0.717, 1.165) is 59.2 Å². The predicted octanol–water partition coefficient (Wildman–Crippen LogP) is 5.59. The maximum Gasteiger partial charge on any atom is 0.314 e. The molecule has 1 aliphatic carbocycles. The number of nitrogens with one attached hydrogen (secondary N) is 3. The first-order valence-corrected chi connectivity index (χ1v) is 12.5. The van der Waals surface area contributed by atoms with Gasteiger partial charge in [0.1, 0.15) is 11.6 Å². The lowest BCUT2D eigenvalue weighted by molar-refractivity contribution is 0.234. The van der Waals surface area contributed by atoms with Gasteiger partial charge in [-0.3, -0.25) is 0 Å². The van der Waals surface area contributed by atoms with Gasteiger partial charge in [0, 0.05) is 37.4 Å². The third-order valence-corrected chi connectivity index (χ3v) is 6.97. The Kier molecular flexibility index (Phi) is 7.04. The van der Waals surface area contributed by atoms with Gasteiger partial charge in [0.05, 0.1) is 22.4 Å². The van der Waals surface area contributed by atoms with Gasteiger partial charge in [-0.15, -0.1) is 0 Å². The number of nitrogens with zero attached hydrogens (tertiary/aromatic N) is 3. The van der Waals surface area contributed by atoms with E-state index in [2.05, 4.69) is 32.0 Å². The van der Waals surface area contributed by atoms with Crippen LogP contribution in [-0.4, -0.2) is 39.7 Å². The van der Waals surface area contributed by atoms with Crippen molar-refractivity contribution in [2.75, 3.05) is 12.4 Å². The number of aromatic nitrogens is 3. The Bertz CT molecular complexity index is 1380. The molecule has 2 aromatic heterocycles. The lowest BCUT2D eigenvalue weighted by Crippen LogP contribution is -2.43. The molecule has 0 radical (unpaired) electrons. The van der Waals surface area contributed by atoms with Crippen LogP contribution in [0.1, 0.15) is 31.2 Å². The largest absolute Gasteiger partial charge is 0.367 e. The van der Waals surface area contributed by atoms with E-state index in [1.54, 1.807) is 25.6 Å². The number of anilines is 1. The summed E-state index contributed by atoms with van der Waals surface area (Å²) in [4.78, 5) is 20.6. The molecule has 1 saturated carbocycles. The van der Waals surface area contributed by atoms with Crippen LogP contribution < -0.4 is 16.0 Å². The molecule has 7 nitrogen and oxygen atoms in total. The van der Waals surface area contributed by atoms with Gasteiger partial charge in [-0.25, -0.2) is 19.2 Å². The second-order valence-corrected chi connectivity index (χ2v) is 9.58. The molecule has 0 atom stereocenters. The van der Waals surface area contributed by atoms with E-state index in [0.29, 0.717) is 11.6 Å². The Balaban J connectivity index is 1.33. The highest BCUT2D eigenvalue weighted by atomic mass is 35.5. The van der Waals surface area contributed by atoms with Crippen LogP contribution in [0.2, 0.25) is 5.02 Å². The second kappa shape index (κ2) is 10.5. The standard InChI is InChI=1S/C27H28ClFN6O/c1-30-27(36)34-21-8-6-20(7-9-21)33-26-13-22(23(28)14-31-26)18-5-10-24-25(12-18)35(16-32-24)15-17-3-2-4-19(29)11-17/h2-5,10-14,16,20-21H,6-9,15H2,1H3,(H,31,33)(H2,30,34,36). The van der Waals surface area contributed by atoms with Crippen molar-refractivity contribution in [3.63, 3.8) is 0 Å². The summed E-state index contributed by atoms with van der Waals surface area (Å²) in [7, 11) is 1.63. The van der Waals surface area contributed by atoms with E-state index in [1.807, 2.05) is 28.8 Å². The molecular formula is C27H28ClFN6O. The molecule has 1 aliphatic rings. The van der Waals surface area contributed by atoms with Crippen molar-refractivity contribution in [2.45, 2.75) is 44.3 Å². The minimum absolute atomic E-state index is 0.135. The number of halogens is 2. The predicted molar refractivity (Wildman–Crippen MR) is 141 cm³/mol. The van der Waals surface area contributed by atoms with Gasteiger partial charge in [0.25, 0.3) is 0 Å². The summed E-state index contributed by atoms with van der Waals surface area (Å²) in [5.41, 5.74) is 4.51. The normalized spacial score (nSPS) is 17.6. The molecule has 5 rings (SSSR count). The highest BCUT2D eigenvalue weighted by molar-refractivity contribution is 6.33. The summed E-state index contributed by atoms with van der Waals surface area (Å²) in [5, 5.41) is 9.70. The number of pyridine rings is 1. The van der Waals surface area contributed by atoms with Gasteiger partial charge in [0.2, 0.25) is 0 Å². The fraction of sp³-hybridized carbons (Fsp3) is 0.296. The molecule has 0 saturated heterocycles. The summed E-state index contributed by atoms with van der Waals surface area (Å²) in [5.74, 6) is 0.517. The lowest BCUT2D eigenvalue weighted by Gasteiger charge is -2.30. The quantitative estimate of drug-likeness (QED) is 0.318. The van der Waals surface area contributed by atoms with Crippen molar-refractivity contribution in [1.29, 1.82) is 0 Å². The van der Waals surface area contributed by atoms with Crippen LogP contribution in [0.5, 0.6) is 0 Å². The Hall–Kier alpha value is -3.65. The van der Waals surface area contributed by atoms with Gasteiger partial charge in [-0.05, 0) is 67.1 Å². The van der Waals surface area contributed by atoms with Gasteiger partial charge in [-0.1, -0.05) is 29.8 Å². The van der Waals surface area contributed by atoms with Crippen molar-refractivity contribution >= 4 is 34.5 Å². The Morgan fingerprint density at radius 3 is 2.67 bits per heavy atom. The molecule has 0 spiro atoms. The average molecular weight is 507 g/mol. The summed E-state index contributed by atoms with van der Waals surface area (Å²) in [6, 6.07) is 14.9. The van der Waals surface area contributed by atoms with Crippen LogP contribution in [0, 0.1) is 5.82 Å². The van der Waals surface area contributed by atoms with Crippen LogP contribution in [0.4, 0.5) is 15.0 Å². The minimum Gasteiger partial charge on any atom is -0.367 e. The van der Waals surface area contributed by atoms with E-state index in [-0.39, 0.29) is 23.9 Å². The van der Waals surface area contributed by atoms with Crippen molar-refractivity contribution in [2.24, 2.45) is 0 Å². The Morgan fingerprint density at radius 1 is 1.08 bits per heavy atom. The number of rotatable bonds is 6. The molecule has 2 aromatic carbocycles. The summed E-state index contributed by atoms with van der Waals surface area (Å²) < 4.78 is 15.7. The highest BCUT2D eigenvalue weighted by Gasteiger charge is 2.22. The molecule has 1 fully saturated rings. The van der Waals surface area contributed by atoms with Crippen LogP contribution in [0.25, 0.3) is 22.2 Å². The van der Waals surface area contributed by atoms with Crippen LogP contribution >= 0.6 is 11.6 Å². The Morgan fingerprint density at radius 2 is 1.89 bits per heavy atom. The number of urea groups is 1. The third-order valence-electron chi connectivity index (χ3n) is 6.67. The van der Waals surface area contributed by atoms with Crippen molar-refractivity contribution in [3.05, 3.63) is 77.5 Å². The van der Waals surface area contributed by atoms with Gasteiger partial charge >= 0.3 is 6.03 Å². The van der Waals surface area contributed by atoms with Crippen molar-refractivity contribution in [3.8, 4) is 11.1 Å². The molecule has 2 amide bonds. The smallest absolute Gasteiger partial charge is 0.314 e. The fourth-order valence-corrected chi connectivity index (χ4v) is 4.98. The second-order valence-electron chi connectivity index (χ2n) is 9.17. The third kappa shape index (κ3) is 5.44. The molecule has 2 heterocycles. The van der Waals surface area contributed by atoms with Crippen molar-refractivity contribution in [1.82, 2.24) is 25.2 Å². The molecule has 9 heteroatoms. The number of carbonyl (C=O) groups is 1. The van der Waals surface area contributed by atoms with E-state index in [9.17, 15) is 9.18 Å². The first kappa shape index (κ1) is 24.1. The monoisotopic (exact) mass is 506 g/mol. The van der Waals surface area contributed by atoms with Crippen LogP contribution in [0.3, 0.4) is 0 Å². The maximum atomic E-state index is 13.7. The molecule has 36 heavy (non-hydrogen) atoms. The van der Waals surface area contributed by atoms with Gasteiger partial charge < -0.3 is 20.5 Å².